The van der Waals surface area contributed by atoms with Crippen LogP contribution in [0.25, 0.3) is 6.08 Å². The van der Waals surface area contributed by atoms with E-state index in [2.05, 4.69) is 27.9 Å². The highest BCUT2D eigenvalue weighted by Gasteiger charge is 2.11. The van der Waals surface area contributed by atoms with Crippen molar-refractivity contribution in [2.75, 3.05) is 5.32 Å². The maximum absolute atomic E-state index is 12.2. The molecular formula is C16H9Cl2IN2O. The van der Waals surface area contributed by atoms with E-state index in [1.165, 1.54) is 6.07 Å². The molecule has 0 aromatic heterocycles. The number of nitrogens with zero attached hydrogens (tertiary/aromatic N) is 1. The highest BCUT2D eigenvalue weighted by atomic mass is 127. The van der Waals surface area contributed by atoms with Gasteiger partial charge in [0, 0.05) is 9.26 Å². The van der Waals surface area contributed by atoms with Crippen LogP contribution in [0.4, 0.5) is 5.69 Å². The molecule has 6 heteroatoms. The minimum Gasteiger partial charge on any atom is -0.321 e. The topological polar surface area (TPSA) is 52.9 Å². The molecule has 2 aromatic carbocycles. The summed E-state index contributed by atoms with van der Waals surface area (Å²) >= 11 is 13.9. The summed E-state index contributed by atoms with van der Waals surface area (Å²) in [6, 6.07) is 14.1. The Bertz CT molecular complexity index is 797. The van der Waals surface area contributed by atoms with Crippen molar-refractivity contribution in [3.8, 4) is 6.07 Å². The number of hydrogen-bond donors (Lipinski definition) is 1. The third kappa shape index (κ3) is 4.23. The van der Waals surface area contributed by atoms with Gasteiger partial charge in [-0.15, -0.1) is 0 Å². The van der Waals surface area contributed by atoms with Crippen LogP contribution in [0.1, 0.15) is 5.56 Å². The van der Waals surface area contributed by atoms with Gasteiger partial charge >= 0.3 is 0 Å². The van der Waals surface area contributed by atoms with Crippen molar-refractivity contribution in [3.63, 3.8) is 0 Å². The molecule has 22 heavy (non-hydrogen) atoms. The summed E-state index contributed by atoms with van der Waals surface area (Å²) < 4.78 is 0.954. The van der Waals surface area contributed by atoms with E-state index in [1.807, 2.05) is 30.3 Å². The van der Waals surface area contributed by atoms with Crippen LogP contribution in [0, 0.1) is 14.9 Å². The monoisotopic (exact) mass is 442 g/mol. The van der Waals surface area contributed by atoms with Gasteiger partial charge in [-0.05, 0) is 58.5 Å². The van der Waals surface area contributed by atoms with Gasteiger partial charge in [0.1, 0.15) is 11.6 Å². The molecule has 3 nitrogen and oxygen atoms in total. The van der Waals surface area contributed by atoms with Crippen LogP contribution in [0.3, 0.4) is 0 Å². The van der Waals surface area contributed by atoms with Crippen molar-refractivity contribution in [1.29, 1.82) is 5.26 Å². The Hall–Kier alpha value is -1.55. The van der Waals surface area contributed by atoms with Gasteiger partial charge in [-0.2, -0.15) is 5.26 Å². The molecule has 0 aliphatic rings. The third-order valence-electron chi connectivity index (χ3n) is 2.75. The van der Waals surface area contributed by atoms with Gasteiger partial charge in [-0.1, -0.05) is 41.4 Å². The lowest BCUT2D eigenvalue weighted by atomic mass is 10.1. The minimum atomic E-state index is -0.499. The smallest absolute Gasteiger partial charge is 0.266 e. The van der Waals surface area contributed by atoms with Crippen molar-refractivity contribution in [3.05, 3.63) is 67.2 Å². The van der Waals surface area contributed by atoms with E-state index in [9.17, 15) is 10.1 Å². The lowest BCUT2D eigenvalue weighted by molar-refractivity contribution is -0.112. The molecule has 1 N–H and O–H groups in total. The summed E-state index contributed by atoms with van der Waals surface area (Å²) in [6.45, 7) is 0. The van der Waals surface area contributed by atoms with Crippen LogP contribution in [-0.2, 0) is 4.79 Å². The minimum absolute atomic E-state index is 0.00943. The van der Waals surface area contributed by atoms with Gasteiger partial charge < -0.3 is 5.32 Å². The van der Waals surface area contributed by atoms with Crippen LogP contribution in [0.15, 0.2) is 48.0 Å². The van der Waals surface area contributed by atoms with E-state index in [4.69, 9.17) is 23.2 Å². The second-order valence-electron chi connectivity index (χ2n) is 4.27. The van der Waals surface area contributed by atoms with Crippen LogP contribution in [-0.4, -0.2) is 5.91 Å². The van der Waals surface area contributed by atoms with E-state index < -0.39 is 5.91 Å². The number of halogens is 3. The number of rotatable bonds is 3. The molecule has 0 aliphatic heterocycles. The molecule has 1 amide bonds. The van der Waals surface area contributed by atoms with E-state index >= 15 is 0 Å². The van der Waals surface area contributed by atoms with Crippen molar-refractivity contribution in [1.82, 2.24) is 0 Å². The van der Waals surface area contributed by atoms with E-state index in [0.717, 1.165) is 9.13 Å². The zero-order chi connectivity index (χ0) is 16.1. The fourth-order valence-electron chi connectivity index (χ4n) is 1.67. The highest BCUT2D eigenvalue weighted by molar-refractivity contribution is 14.1. The molecule has 110 valence electrons. The molecule has 2 rings (SSSR count). The molecule has 2 aromatic rings. The van der Waals surface area contributed by atoms with Crippen LogP contribution < -0.4 is 5.32 Å². The number of hydrogen-bond acceptors (Lipinski definition) is 2. The molecule has 0 radical (unpaired) electrons. The quantitative estimate of drug-likeness (QED) is 0.406. The average Bonchev–Trinajstić information content (AvgIpc) is 2.50. The van der Waals surface area contributed by atoms with Gasteiger partial charge in [-0.3, -0.25) is 4.79 Å². The molecule has 0 saturated carbocycles. The van der Waals surface area contributed by atoms with Crippen LogP contribution >= 0.6 is 45.8 Å². The van der Waals surface area contributed by atoms with Gasteiger partial charge in [0.15, 0.2) is 0 Å². The van der Waals surface area contributed by atoms with E-state index in [0.29, 0.717) is 15.7 Å². The molecule has 0 spiro atoms. The Labute approximate surface area is 151 Å². The first kappa shape index (κ1) is 16.8. The Balaban J connectivity index is 2.24. The maximum Gasteiger partial charge on any atom is 0.266 e. The molecule has 0 fully saturated rings. The first-order valence-electron chi connectivity index (χ1n) is 6.14. The second kappa shape index (κ2) is 7.63. The lowest BCUT2D eigenvalue weighted by Gasteiger charge is -2.06. The number of carbonyl (C=O) groups is 1. The lowest BCUT2D eigenvalue weighted by Crippen LogP contribution is -2.13. The van der Waals surface area contributed by atoms with Gasteiger partial charge in [0.05, 0.1) is 10.0 Å². The fourth-order valence-corrected chi connectivity index (χ4v) is 2.51. The number of carbonyl (C=O) groups excluding carboxylic acids is 1. The number of anilines is 1. The Kier molecular flexibility index (Phi) is 5.83. The zero-order valence-electron chi connectivity index (χ0n) is 11.1. The zero-order valence-corrected chi connectivity index (χ0v) is 14.8. The Morgan fingerprint density at radius 1 is 1.18 bits per heavy atom. The molecule has 0 atom stereocenters. The summed E-state index contributed by atoms with van der Waals surface area (Å²) in [5.41, 5.74) is 1.29. The van der Waals surface area contributed by atoms with Crippen molar-refractivity contribution in [2.24, 2.45) is 0 Å². The number of amides is 1. The number of benzene rings is 2. The largest absolute Gasteiger partial charge is 0.321 e. The summed E-state index contributed by atoms with van der Waals surface area (Å²) in [7, 11) is 0. The summed E-state index contributed by atoms with van der Waals surface area (Å²) in [5.74, 6) is -0.499. The fraction of sp³-hybridized carbons (Fsp3) is 0. The standard InChI is InChI=1S/C16H9Cl2IN2O/c17-13-6-5-12(8-14(13)18)21-16(22)11(9-20)7-10-3-1-2-4-15(10)19/h1-8H,(H,21,22)/b11-7-. The van der Waals surface area contributed by atoms with Crippen molar-refractivity contribution < 1.29 is 4.79 Å². The molecule has 0 bridgehead atoms. The van der Waals surface area contributed by atoms with E-state index in [1.54, 1.807) is 18.2 Å². The molecule has 0 heterocycles. The summed E-state index contributed by atoms with van der Waals surface area (Å²) in [5, 5.41) is 12.6. The average molecular weight is 443 g/mol. The van der Waals surface area contributed by atoms with Crippen LogP contribution in [0.5, 0.6) is 0 Å². The second-order valence-corrected chi connectivity index (χ2v) is 6.25. The Morgan fingerprint density at radius 2 is 1.91 bits per heavy atom. The normalized spacial score (nSPS) is 10.9. The number of nitriles is 1. The van der Waals surface area contributed by atoms with Crippen molar-refractivity contribution >= 4 is 63.5 Å². The SMILES string of the molecule is N#C/C(=C/c1ccccc1I)C(=O)Nc1ccc(Cl)c(Cl)c1. The molecule has 0 aliphatic carbocycles. The first-order chi connectivity index (χ1) is 10.5. The maximum atomic E-state index is 12.2. The summed E-state index contributed by atoms with van der Waals surface area (Å²) in [6.07, 6.45) is 1.55. The Morgan fingerprint density at radius 3 is 2.55 bits per heavy atom. The van der Waals surface area contributed by atoms with Gasteiger partial charge in [0.25, 0.3) is 5.91 Å². The van der Waals surface area contributed by atoms with Crippen molar-refractivity contribution in [2.45, 2.75) is 0 Å². The summed E-state index contributed by atoms with van der Waals surface area (Å²) in [4.78, 5) is 12.2. The predicted molar refractivity (Wildman–Crippen MR) is 97.8 cm³/mol. The molecule has 0 saturated heterocycles. The first-order valence-corrected chi connectivity index (χ1v) is 7.97. The van der Waals surface area contributed by atoms with Gasteiger partial charge in [-0.25, -0.2) is 0 Å². The van der Waals surface area contributed by atoms with E-state index in [-0.39, 0.29) is 5.57 Å². The third-order valence-corrected chi connectivity index (χ3v) is 4.47. The number of nitrogens with one attached hydrogen (secondary N) is 1. The van der Waals surface area contributed by atoms with Crippen LogP contribution in [0.2, 0.25) is 10.0 Å². The molecular weight excluding hydrogens is 434 g/mol. The predicted octanol–water partition coefficient (Wildman–Crippen LogP) is 5.14. The van der Waals surface area contributed by atoms with Gasteiger partial charge in [0.2, 0.25) is 0 Å². The highest BCUT2D eigenvalue weighted by Crippen LogP contribution is 2.25. The molecule has 0 unspecified atom stereocenters.